The molecule has 96 valence electrons. The first-order valence-corrected chi connectivity index (χ1v) is 6.64. The van der Waals surface area contributed by atoms with Gasteiger partial charge in [-0.05, 0) is 22.9 Å². The average molecular weight is 331 g/mol. The highest BCUT2D eigenvalue weighted by atomic mass is 79.9. The van der Waals surface area contributed by atoms with E-state index in [-0.39, 0.29) is 5.91 Å². The molecule has 0 aliphatic rings. The van der Waals surface area contributed by atoms with Gasteiger partial charge in [0.25, 0.3) is 5.91 Å². The molecule has 0 spiro atoms. The number of hydrogen-bond acceptors (Lipinski definition) is 5. The number of thiophene rings is 1. The lowest BCUT2D eigenvalue weighted by Crippen LogP contribution is -2.14. The van der Waals surface area contributed by atoms with Crippen LogP contribution in [0.5, 0.6) is 5.75 Å². The van der Waals surface area contributed by atoms with Gasteiger partial charge in [0.2, 0.25) is 5.95 Å². The minimum absolute atomic E-state index is 0.237. The van der Waals surface area contributed by atoms with Crippen LogP contribution in [0.15, 0.2) is 9.85 Å². The van der Waals surface area contributed by atoms with Crippen molar-refractivity contribution in [2.75, 3.05) is 12.4 Å². The summed E-state index contributed by atoms with van der Waals surface area (Å²) in [7, 11) is 3.28. The summed E-state index contributed by atoms with van der Waals surface area (Å²) in [4.78, 5) is 16.6. The van der Waals surface area contributed by atoms with Crippen molar-refractivity contribution in [3.63, 3.8) is 0 Å². The highest BCUT2D eigenvalue weighted by molar-refractivity contribution is 9.11. The van der Waals surface area contributed by atoms with E-state index in [1.165, 1.54) is 16.0 Å². The Hall–Kier alpha value is -1.41. The molecule has 0 saturated carbocycles. The molecule has 1 amide bonds. The van der Waals surface area contributed by atoms with Gasteiger partial charge in [0.1, 0.15) is 15.4 Å². The van der Waals surface area contributed by atoms with E-state index < -0.39 is 0 Å². The molecule has 2 aromatic heterocycles. The fourth-order valence-electron chi connectivity index (χ4n) is 1.39. The highest BCUT2D eigenvalue weighted by Crippen LogP contribution is 2.34. The van der Waals surface area contributed by atoms with Gasteiger partial charge in [-0.3, -0.25) is 10.1 Å². The topological polar surface area (TPSA) is 69.0 Å². The molecule has 0 bridgehead atoms. The van der Waals surface area contributed by atoms with E-state index in [1.807, 2.05) is 0 Å². The van der Waals surface area contributed by atoms with Crippen molar-refractivity contribution >= 4 is 39.1 Å². The predicted octanol–water partition coefficient (Wildman–Crippen LogP) is 2.21. The Kier molecular flexibility index (Phi) is 3.67. The molecule has 1 N–H and O–H groups in total. The van der Waals surface area contributed by atoms with Gasteiger partial charge >= 0.3 is 0 Å². The maximum absolute atomic E-state index is 12.0. The number of anilines is 1. The van der Waals surface area contributed by atoms with Crippen LogP contribution >= 0.6 is 27.3 Å². The van der Waals surface area contributed by atoms with Crippen molar-refractivity contribution in [2.45, 2.75) is 6.92 Å². The number of nitrogens with zero attached hydrogens (tertiary/aromatic N) is 3. The van der Waals surface area contributed by atoms with Crippen molar-refractivity contribution in [1.29, 1.82) is 0 Å². The van der Waals surface area contributed by atoms with Crippen LogP contribution in [-0.4, -0.2) is 27.8 Å². The Morgan fingerprint density at radius 2 is 2.33 bits per heavy atom. The average Bonchev–Trinajstić information content (AvgIpc) is 2.82. The van der Waals surface area contributed by atoms with Crippen LogP contribution in [0, 0.1) is 6.92 Å². The molecule has 0 radical (unpaired) electrons. The number of rotatable bonds is 3. The second kappa shape index (κ2) is 5.07. The zero-order valence-electron chi connectivity index (χ0n) is 10.0. The summed E-state index contributed by atoms with van der Waals surface area (Å²) in [6, 6.07) is 1.67. The Morgan fingerprint density at radius 1 is 1.61 bits per heavy atom. The third kappa shape index (κ3) is 2.54. The number of methoxy groups -OCH3 is 1. The minimum atomic E-state index is -0.237. The van der Waals surface area contributed by atoms with Gasteiger partial charge in [0.05, 0.1) is 12.0 Å². The normalized spacial score (nSPS) is 10.4. The van der Waals surface area contributed by atoms with Crippen LogP contribution in [-0.2, 0) is 7.05 Å². The molecule has 8 heteroatoms. The molecule has 0 unspecified atom stereocenters. The van der Waals surface area contributed by atoms with Gasteiger partial charge in [-0.1, -0.05) is 0 Å². The zero-order chi connectivity index (χ0) is 13.3. The largest absolute Gasteiger partial charge is 0.495 e. The summed E-state index contributed by atoms with van der Waals surface area (Å²) >= 11 is 4.63. The van der Waals surface area contributed by atoms with Crippen LogP contribution in [0.1, 0.15) is 15.5 Å². The summed E-state index contributed by atoms with van der Waals surface area (Å²) < 4.78 is 7.41. The minimum Gasteiger partial charge on any atom is -0.495 e. The van der Waals surface area contributed by atoms with Crippen LogP contribution in [0.25, 0.3) is 0 Å². The number of amides is 1. The lowest BCUT2D eigenvalue weighted by molar-refractivity contribution is 0.102. The first kappa shape index (κ1) is 13.0. The van der Waals surface area contributed by atoms with E-state index in [9.17, 15) is 4.79 Å². The third-order valence-corrected chi connectivity index (χ3v) is 3.97. The molecule has 0 fully saturated rings. The van der Waals surface area contributed by atoms with Gasteiger partial charge in [0, 0.05) is 13.1 Å². The first-order valence-electron chi connectivity index (χ1n) is 5.03. The lowest BCUT2D eigenvalue weighted by Gasteiger charge is -2.00. The Balaban J connectivity index is 2.19. The van der Waals surface area contributed by atoms with Crippen molar-refractivity contribution < 1.29 is 9.53 Å². The van der Waals surface area contributed by atoms with E-state index in [4.69, 9.17) is 4.74 Å². The van der Waals surface area contributed by atoms with Gasteiger partial charge in [-0.25, -0.2) is 4.68 Å². The second-order valence-electron chi connectivity index (χ2n) is 3.51. The SMILES string of the molecule is COc1cc(C(=O)Nc2nc(C)nn2C)sc1Br. The Bertz CT molecular complexity index is 593. The van der Waals surface area contributed by atoms with Crippen LogP contribution < -0.4 is 10.1 Å². The van der Waals surface area contributed by atoms with Gasteiger partial charge < -0.3 is 4.74 Å². The molecule has 2 heterocycles. The number of ether oxygens (including phenoxy) is 1. The highest BCUT2D eigenvalue weighted by Gasteiger charge is 2.16. The Labute approximate surface area is 116 Å². The number of carbonyl (C=O) groups is 1. The molecule has 0 aromatic carbocycles. The summed E-state index contributed by atoms with van der Waals surface area (Å²) in [5.41, 5.74) is 0. The van der Waals surface area contributed by atoms with Gasteiger partial charge in [-0.2, -0.15) is 10.1 Å². The summed E-state index contributed by atoms with van der Waals surface area (Å²) in [6.45, 7) is 1.76. The number of halogens is 1. The monoisotopic (exact) mass is 330 g/mol. The molecule has 18 heavy (non-hydrogen) atoms. The van der Waals surface area contributed by atoms with Crippen molar-refractivity contribution in [3.8, 4) is 5.75 Å². The maximum atomic E-state index is 12.0. The molecule has 0 saturated heterocycles. The van der Waals surface area contributed by atoms with Crippen molar-refractivity contribution in [1.82, 2.24) is 14.8 Å². The first-order chi connectivity index (χ1) is 8.51. The standard InChI is InChI=1S/C10H11BrN4O2S/c1-5-12-10(15(2)14-5)13-9(16)7-4-6(17-3)8(11)18-7/h4H,1-3H3,(H,12,13,14,16). The molecular formula is C10H11BrN4O2S. The number of hydrogen-bond donors (Lipinski definition) is 1. The fourth-order valence-corrected chi connectivity index (χ4v) is 2.93. The van der Waals surface area contributed by atoms with Gasteiger partial charge in [-0.15, -0.1) is 11.3 Å². The number of nitrogens with one attached hydrogen (secondary N) is 1. The molecule has 0 aliphatic heterocycles. The third-order valence-electron chi connectivity index (χ3n) is 2.19. The molecule has 0 atom stereocenters. The number of aryl methyl sites for hydroxylation is 2. The van der Waals surface area contributed by atoms with E-state index in [0.717, 1.165) is 3.79 Å². The van der Waals surface area contributed by atoms with Gasteiger partial charge in [0.15, 0.2) is 0 Å². The quantitative estimate of drug-likeness (QED) is 0.936. The van der Waals surface area contributed by atoms with E-state index in [2.05, 4.69) is 31.3 Å². The second-order valence-corrected chi connectivity index (χ2v) is 5.88. The number of aromatic nitrogens is 3. The number of carbonyl (C=O) groups excluding carboxylic acids is 1. The van der Waals surface area contributed by atoms with E-state index in [1.54, 1.807) is 27.1 Å². The van der Waals surface area contributed by atoms with Crippen LogP contribution in [0.4, 0.5) is 5.95 Å². The fraction of sp³-hybridized carbons (Fsp3) is 0.300. The maximum Gasteiger partial charge on any atom is 0.268 e. The molecule has 6 nitrogen and oxygen atoms in total. The van der Waals surface area contributed by atoms with E-state index >= 15 is 0 Å². The Morgan fingerprint density at radius 3 is 2.83 bits per heavy atom. The summed E-state index contributed by atoms with van der Waals surface area (Å²) in [5.74, 6) is 1.43. The van der Waals surface area contributed by atoms with Crippen LogP contribution in [0.2, 0.25) is 0 Å². The molecule has 2 rings (SSSR count). The summed E-state index contributed by atoms with van der Waals surface area (Å²) in [6.07, 6.45) is 0. The smallest absolute Gasteiger partial charge is 0.268 e. The van der Waals surface area contributed by atoms with E-state index in [0.29, 0.717) is 22.4 Å². The predicted molar refractivity (Wildman–Crippen MR) is 72.3 cm³/mol. The lowest BCUT2D eigenvalue weighted by atomic mass is 10.4. The van der Waals surface area contributed by atoms with Crippen molar-refractivity contribution in [3.05, 3.63) is 20.6 Å². The van der Waals surface area contributed by atoms with Crippen molar-refractivity contribution in [2.24, 2.45) is 7.05 Å². The zero-order valence-corrected chi connectivity index (χ0v) is 12.4. The van der Waals surface area contributed by atoms with Crippen LogP contribution in [0.3, 0.4) is 0 Å². The summed E-state index contributed by atoms with van der Waals surface area (Å²) in [5, 5.41) is 6.75. The molecule has 0 aliphatic carbocycles. The molecule has 2 aromatic rings. The molecular weight excluding hydrogens is 320 g/mol.